The predicted octanol–water partition coefficient (Wildman–Crippen LogP) is 1.45. The summed E-state index contributed by atoms with van der Waals surface area (Å²) in [5.74, 6) is 0.0432. The van der Waals surface area contributed by atoms with Crippen molar-refractivity contribution in [3.63, 3.8) is 0 Å². The number of nitrogens with one attached hydrogen (secondary N) is 2. The fourth-order valence-corrected chi connectivity index (χ4v) is 2.92. The summed E-state index contributed by atoms with van der Waals surface area (Å²) in [6.07, 6.45) is 7.38. The van der Waals surface area contributed by atoms with Crippen molar-refractivity contribution in [1.82, 2.24) is 10.6 Å². The van der Waals surface area contributed by atoms with Gasteiger partial charge in [0.1, 0.15) is 6.61 Å². The third-order valence-corrected chi connectivity index (χ3v) is 4.26. The second-order valence-electron chi connectivity index (χ2n) is 6.05. The van der Waals surface area contributed by atoms with Gasteiger partial charge in [-0.3, -0.25) is 4.79 Å². The van der Waals surface area contributed by atoms with Gasteiger partial charge in [-0.1, -0.05) is 19.8 Å². The molecule has 0 radical (unpaired) electrons. The van der Waals surface area contributed by atoms with Crippen LogP contribution in [-0.4, -0.2) is 38.3 Å². The summed E-state index contributed by atoms with van der Waals surface area (Å²) in [6, 6.07) is 0. The first-order valence-corrected chi connectivity index (χ1v) is 7.27. The van der Waals surface area contributed by atoms with Crippen LogP contribution in [0.15, 0.2) is 0 Å². The minimum atomic E-state index is 0.0432. The number of carbonyl (C=O) groups is 1. The monoisotopic (exact) mass is 254 g/mol. The van der Waals surface area contributed by atoms with E-state index in [-0.39, 0.29) is 18.6 Å². The molecule has 0 aromatic carbocycles. The molecule has 2 aliphatic rings. The summed E-state index contributed by atoms with van der Waals surface area (Å²) in [4.78, 5) is 11.7. The summed E-state index contributed by atoms with van der Waals surface area (Å²) in [5.41, 5.74) is 0.324. The van der Waals surface area contributed by atoms with Gasteiger partial charge in [-0.25, -0.2) is 0 Å². The molecule has 1 aliphatic heterocycles. The Morgan fingerprint density at radius 1 is 1.33 bits per heavy atom. The van der Waals surface area contributed by atoms with Gasteiger partial charge >= 0.3 is 0 Å². The minimum absolute atomic E-state index is 0.0432. The van der Waals surface area contributed by atoms with E-state index in [0.717, 1.165) is 32.5 Å². The van der Waals surface area contributed by atoms with Crippen LogP contribution in [0.5, 0.6) is 0 Å². The zero-order chi connectivity index (χ0) is 12.8. The van der Waals surface area contributed by atoms with Crippen LogP contribution in [0.25, 0.3) is 0 Å². The normalized spacial score (nSPS) is 24.1. The van der Waals surface area contributed by atoms with Gasteiger partial charge in [0.05, 0.1) is 6.10 Å². The number of ether oxygens (including phenoxy) is 1. The van der Waals surface area contributed by atoms with Gasteiger partial charge in [-0.05, 0) is 44.2 Å². The molecule has 18 heavy (non-hydrogen) atoms. The maximum absolute atomic E-state index is 11.7. The Labute approximate surface area is 110 Å². The molecule has 0 atom stereocenters. The lowest BCUT2D eigenvalue weighted by Gasteiger charge is -2.25. The third-order valence-electron chi connectivity index (χ3n) is 4.26. The van der Waals surface area contributed by atoms with Crippen LogP contribution in [0.4, 0.5) is 0 Å². The van der Waals surface area contributed by atoms with E-state index < -0.39 is 0 Å². The Bertz CT molecular complexity index is 269. The number of amides is 1. The highest BCUT2D eigenvalue weighted by Crippen LogP contribution is 2.36. The maximum Gasteiger partial charge on any atom is 0.246 e. The van der Waals surface area contributed by atoms with E-state index in [1.165, 1.54) is 25.7 Å². The van der Waals surface area contributed by atoms with Gasteiger partial charge < -0.3 is 15.4 Å². The van der Waals surface area contributed by atoms with Gasteiger partial charge in [0.2, 0.25) is 5.91 Å². The van der Waals surface area contributed by atoms with Crippen molar-refractivity contribution in [2.45, 2.75) is 51.6 Å². The van der Waals surface area contributed by atoms with E-state index in [1.807, 2.05) is 0 Å². The van der Waals surface area contributed by atoms with Crippen LogP contribution < -0.4 is 10.6 Å². The van der Waals surface area contributed by atoms with Crippen molar-refractivity contribution in [1.29, 1.82) is 0 Å². The van der Waals surface area contributed by atoms with Gasteiger partial charge in [0, 0.05) is 6.54 Å². The molecule has 0 spiro atoms. The zero-order valence-corrected chi connectivity index (χ0v) is 11.5. The molecule has 4 heteroatoms. The molecule has 0 unspecified atom stereocenters. The number of rotatable bonds is 5. The van der Waals surface area contributed by atoms with Crippen LogP contribution in [0.3, 0.4) is 0 Å². The molecule has 2 rings (SSSR count). The standard InChI is InChI=1S/C14H26N2O2/c1-14(6-2-3-7-14)11-16-13(17)10-18-12-4-8-15-9-5-12/h12,15H,2-11H2,1H3,(H,16,17). The molecule has 1 heterocycles. The molecule has 1 saturated heterocycles. The maximum atomic E-state index is 11.7. The molecule has 104 valence electrons. The molecular formula is C14H26N2O2. The molecule has 1 aliphatic carbocycles. The van der Waals surface area contributed by atoms with E-state index in [1.54, 1.807) is 0 Å². The first-order chi connectivity index (χ1) is 8.68. The smallest absolute Gasteiger partial charge is 0.246 e. The Morgan fingerprint density at radius 2 is 2.00 bits per heavy atom. The molecule has 0 aromatic rings. The zero-order valence-electron chi connectivity index (χ0n) is 11.5. The lowest BCUT2D eigenvalue weighted by molar-refractivity contribution is -0.128. The Balaban J connectivity index is 1.59. The summed E-state index contributed by atoms with van der Waals surface area (Å²) >= 11 is 0. The lowest BCUT2D eigenvalue weighted by atomic mass is 9.89. The molecule has 2 fully saturated rings. The minimum Gasteiger partial charge on any atom is -0.368 e. The van der Waals surface area contributed by atoms with Gasteiger partial charge in [-0.2, -0.15) is 0 Å². The van der Waals surface area contributed by atoms with Gasteiger partial charge in [0.25, 0.3) is 0 Å². The molecule has 4 nitrogen and oxygen atoms in total. The number of piperidine rings is 1. The number of hydrogen-bond donors (Lipinski definition) is 2. The van der Waals surface area contributed by atoms with E-state index in [9.17, 15) is 4.79 Å². The Morgan fingerprint density at radius 3 is 2.67 bits per heavy atom. The summed E-state index contributed by atoms with van der Waals surface area (Å²) < 4.78 is 5.64. The number of hydrogen-bond acceptors (Lipinski definition) is 3. The van der Waals surface area contributed by atoms with Crippen molar-refractivity contribution in [3.8, 4) is 0 Å². The summed E-state index contributed by atoms with van der Waals surface area (Å²) in [7, 11) is 0. The molecular weight excluding hydrogens is 228 g/mol. The fourth-order valence-electron chi connectivity index (χ4n) is 2.92. The Hall–Kier alpha value is -0.610. The summed E-state index contributed by atoms with van der Waals surface area (Å²) in [6.45, 7) is 5.31. The highest BCUT2D eigenvalue weighted by Gasteiger charge is 2.28. The lowest BCUT2D eigenvalue weighted by Crippen LogP contribution is -2.38. The molecule has 1 saturated carbocycles. The summed E-state index contributed by atoms with van der Waals surface area (Å²) in [5, 5.41) is 6.31. The molecule has 0 aromatic heterocycles. The van der Waals surface area contributed by atoms with Crippen molar-refractivity contribution < 1.29 is 9.53 Å². The van der Waals surface area contributed by atoms with Crippen LogP contribution in [-0.2, 0) is 9.53 Å². The van der Waals surface area contributed by atoms with Crippen molar-refractivity contribution >= 4 is 5.91 Å². The second kappa shape index (κ2) is 6.53. The third kappa shape index (κ3) is 4.25. The quantitative estimate of drug-likeness (QED) is 0.781. The largest absolute Gasteiger partial charge is 0.368 e. The van der Waals surface area contributed by atoms with Crippen LogP contribution in [0.2, 0.25) is 0 Å². The van der Waals surface area contributed by atoms with Crippen LogP contribution >= 0.6 is 0 Å². The number of carbonyl (C=O) groups excluding carboxylic acids is 1. The SMILES string of the molecule is CC1(CNC(=O)COC2CCNCC2)CCCC1. The topological polar surface area (TPSA) is 50.4 Å². The van der Waals surface area contributed by atoms with Crippen LogP contribution in [0, 0.1) is 5.41 Å². The second-order valence-corrected chi connectivity index (χ2v) is 6.05. The molecule has 0 bridgehead atoms. The predicted molar refractivity (Wildman–Crippen MR) is 71.4 cm³/mol. The molecule has 1 amide bonds. The van der Waals surface area contributed by atoms with Crippen molar-refractivity contribution in [3.05, 3.63) is 0 Å². The fraction of sp³-hybridized carbons (Fsp3) is 0.929. The van der Waals surface area contributed by atoms with E-state index in [4.69, 9.17) is 4.74 Å². The highest BCUT2D eigenvalue weighted by molar-refractivity contribution is 5.77. The average molecular weight is 254 g/mol. The van der Waals surface area contributed by atoms with Gasteiger partial charge in [-0.15, -0.1) is 0 Å². The highest BCUT2D eigenvalue weighted by atomic mass is 16.5. The first-order valence-electron chi connectivity index (χ1n) is 7.27. The first kappa shape index (κ1) is 13.8. The van der Waals surface area contributed by atoms with Gasteiger partial charge in [0.15, 0.2) is 0 Å². The van der Waals surface area contributed by atoms with E-state index in [2.05, 4.69) is 17.6 Å². The van der Waals surface area contributed by atoms with E-state index >= 15 is 0 Å². The van der Waals surface area contributed by atoms with Crippen LogP contribution in [0.1, 0.15) is 45.4 Å². The molecule has 2 N–H and O–H groups in total. The average Bonchev–Trinajstić information content (AvgIpc) is 2.83. The van der Waals surface area contributed by atoms with E-state index in [0.29, 0.717) is 5.41 Å². The van der Waals surface area contributed by atoms with Crippen molar-refractivity contribution in [2.24, 2.45) is 5.41 Å². The van der Waals surface area contributed by atoms with Crippen molar-refractivity contribution in [2.75, 3.05) is 26.2 Å². The Kier molecular flexibility index (Phi) is 5.01.